The molecule has 1 aromatic carbocycles. The molecule has 2 rings (SSSR count). The third kappa shape index (κ3) is 3.79. The van der Waals surface area contributed by atoms with Crippen LogP contribution in [0.4, 0.5) is 0 Å². The molecule has 1 amide bonds. The fraction of sp³-hybridized carbons (Fsp3) is 0.385. The van der Waals surface area contributed by atoms with Crippen molar-refractivity contribution in [1.82, 2.24) is 4.90 Å². The fourth-order valence-corrected chi connectivity index (χ4v) is 2.48. The number of nitrogens with two attached hydrogens (primary N) is 1. The Balaban J connectivity index is 2.18. The van der Waals surface area contributed by atoms with E-state index in [2.05, 4.69) is 22.6 Å². The topological polar surface area (TPSA) is 66.6 Å². The maximum atomic E-state index is 12.5. The maximum Gasteiger partial charge on any atom is 0.257 e. The van der Waals surface area contributed by atoms with E-state index in [9.17, 15) is 9.90 Å². The van der Waals surface area contributed by atoms with Crippen LogP contribution in [-0.4, -0.2) is 33.5 Å². The standard InChI is InChI=1S/C13H15IN2O2S/c14-8-1-4-11(17)10(7-8)13(18)16(9-2-3-9)6-5-12(15)19/h1,4,7,9,17H,2-3,5-6H2,(H2,15,19). The fourth-order valence-electron chi connectivity index (χ4n) is 1.90. The zero-order valence-electron chi connectivity index (χ0n) is 10.3. The van der Waals surface area contributed by atoms with Gasteiger partial charge in [0.1, 0.15) is 5.75 Å². The van der Waals surface area contributed by atoms with E-state index in [4.69, 9.17) is 18.0 Å². The lowest BCUT2D eigenvalue weighted by molar-refractivity contribution is 0.0745. The number of hydrogen-bond acceptors (Lipinski definition) is 3. The van der Waals surface area contributed by atoms with Gasteiger partial charge in [0.2, 0.25) is 0 Å². The Bertz CT molecular complexity index is 517. The summed E-state index contributed by atoms with van der Waals surface area (Å²) < 4.78 is 0.920. The van der Waals surface area contributed by atoms with Gasteiger partial charge in [-0.25, -0.2) is 0 Å². The van der Waals surface area contributed by atoms with Crippen LogP contribution in [0.1, 0.15) is 29.6 Å². The van der Waals surface area contributed by atoms with Crippen LogP contribution >= 0.6 is 34.8 Å². The molecule has 0 heterocycles. The second-order valence-corrected chi connectivity index (χ2v) is 6.38. The van der Waals surface area contributed by atoms with Gasteiger partial charge in [-0.2, -0.15) is 0 Å². The number of rotatable bonds is 5. The first kappa shape index (κ1) is 14.5. The number of carbonyl (C=O) groups is 1. The Hall–Kier alpha value is -0.890. The van der Waals surface area contributed by atoms with Crippen molar-refractivity contribution in [2.75, 3.05) is 6.54 Å². The minimum absolute atomic E-state index is 0.0198. The van der Waals surface area contributed by atoms with Crippen molar-refractivity contribution < 1.29 is 9.90 Å². The van der Waals surface area contributed by atoms with E-state index >= 15 is 0 Å². The molecule has 1 aliphatic carbocycles. The molecule has 0 bridgehead atoms. The predicted molar refractivity (Wildman–Crippen MR) is 86.3 cm³/mol. The lowest BCUT2D eigenvalue weighted by atomic mass is 10.1. The molecule has 0 atom stereocenters. The number of thiocarbonyl (C=S) groups is 1. The molecule has 0 aromatic heterocycles. The van der Waals surface area contributed by atoms with Crippen LogP contribution in [0.15, 0.2) is 18.2 Å². The van der Waals surface area contributed by atoms with Crippen molar-refractivity contribution in [3.05, 3.63) is 27.3 Å². The molecule has 1 saturated carbocycles. The Morgan fingerprint density at radius 3 is 2.79 bits per heavy atom. The van der Waals surface area contributed by atoms with Crippen LogP contribution in [0, 0.1) is 3.57 Å². The first-order valence-electron chi connectivity index (χ1n) is 6.07. The van der Waals surface area contributed by atoms with Crippen LogP contribution in [-0.2, 0) is 0 Å². The maximum absolute atomic E-state index is 12.5. The molecule has 4 nitrogen and oxygen atoms in total. The van der Waals surface area contributed by atoms with E-state index in [0.29, 0.717) is 23.5 Å². The number of phenols is 1. The third-order valence-electron chi connectivity index (χ3n) is 3.04. The third-order valence-corrected chi connectivity index (χ3v) is 3.91. The van der Waals surface area contributed by atoms with Crippen molar-refractivity contribution >= 4 is 45.7 Å². The molecule has 6 heteroatoms. The van der Waals surface area contributed by atoms with E-state index in [1.807, 2.05) is 0 Å². The number of carbonyl (C=O) groups excluding carboxylic acids is 1. The van der Waals surface area contributed by atoms with E-state index < -0.39 is 0 Å². The zero-order valence-corrected chi connectivity index (χ0v) is 13.3. The Kier molecular flexibility index (Phi) is 4.62. The molecule has 0 radical (unpaired) electrons. The van der Waals surface area contributed by atoms with Crippen LogP contribution in [0.2, 0.25) is 0 Å². The van der Waals surface area contributed by atoms with Gasteiger partial charge >= 0.3 is 0 Å². The van der Waals surface area contributed by atoms with Crippen molar-refractivity contribution in [3.8, 4) is 5.75 Å². The average molecular weight is 390 g/mol. The van der Waals surface area contributed by atoms with Gasteiger partial charge in [0.05, 0.1) is 10.6 Å². The summed E-state index contributed by atoms with van der Waals surface area (Å²) in [5, 5.41) is 9.83. The van der Waals surface area contributed by atoms with Crippen molar-refractivity contribution in [2.24, 2.45) is 5.73 Å². The van der Waals surface area contributed by atoms with Gasteiger partial charge in [0.15, 0.2) is 0 Å². The first-order valence-corrected chi connectivity index (χ1v) is 7.55. The predicted octanol–water partition coefficient (Wildman–Crippen LogP) is 2.28. The smallest absolute Gasteiger partial charge is 0.257 e. The highest BCUT2D eigenvalue weighted by atomic mass is 127. The summed E-state index contributed by atoms with van der Waals surface area (Å²) in [4.78, 5) is 14.7. The number of phenolic OH excluding ortho intramolecular Hbond substituents is 1. The number of aromatic hydroxyl groups is 1. The first-order chi connectivity index (χ1) is 8.99. The van der Waals surface area contributed by atoms with Gasteiger partial charge < -0.3 is 15.7 Å². The molecule has 0 spiro atoms. The number of nitrogens with zero attached hydrogens (tertiary/aromatic N) is 1. The number of amides is 1. The molecular weight excluding hydrogens is 375 g/mol. The summed E-state index contributed by atoms with van der Waals surface area (Å²) in [5.74, 6) is -0.124. The van der Waals surface area contributed by atoms with Gasteiger partial charge in [-0.05, 0) is 53.6 Å². The van der Waals surface area contributed by atoms with Crippen molar-refractivity contribution in [1.29, 1.82) is 0 Å². The van der Waals surface area contributed by atoms with Crippen LogP contribution in [0.25, 0.3) is 0 Å². The normalized spacial score (nSPS) is 14.2. The summed E-state index contributed by atoms with van der Waals surface area (Å²) in [6, 6.07) is 5.28. The molecule has 0 saturated heterocycles. The minimum Gasteiger partial charge on any atom is -0.507 e. The number of halogens is 1. The van der Waals surface area contributed by atoms with E-state index in [1.54, 1.807) is 23.1 Å². The summed E-state index contributed by atoms with van der Waals surface area (Å²) in [7, 11) is 0. The molecule has 1 fully saturated rings. The Morgan fingerprint density at radius 1 is 1.53 bits per heavy atom. The Morgan fingerprint density at radius 2 is 2.21 bits per heavy atom. The zero-order chi connectivity index (χ0) is 14.0. The van der Waals surface area contributed by atoms with E-state index in [-0.39, 0.29) is 17.7 Å². The highest BCUT2D eigenvalue weighted by Crippen LogP contribution is 2.30. The average Bonchev–Trinajstić information content (AvgIpc) is 3.16. The van der Waals surface area contributed by atoms with Crippen LogP contribution in [0.3, 0.4) is 0 Å². The van der Waals surface area contributed by atoms with Gasteiger partial charge in [0.25, 0.3) is 5.91 Å². The number of benzene rings is 1. The Labute approximate surface area is 131 Å². The summed E-state index contributed by atoms with van der Waals surface area (Å²) in [6.45, 7) is 0.518. The number of hydrogen-bond donors (Lipinski definition) is 2. The van der Waals surface area contributed by atoms with E-state index in [1.165, 1.54) is 0 Å². The van der Waals surface area contributed by atoms with Crippen LogP contribution in [0.5, 0.6) is 5.75 Å². The monoisotopic (exact) mass is 390 g/mol. The molecule has 1 aromatic rings. The highest BCUT2D eigenvalue weighted by Gasteiger charge is 2.33. The summed E-state index contributed by atoms with van der Waals surface area (Å²) >= 11 is 6.98. The second kappa shape index (κ2) is 6.04. The molecule has 19 heavy (non-hydrogen) atoms. The summed E-state index contributed by atoms with van der Waals surface area (Å²) in [5.41, 5.74) is 5.85. The minimum atomic E-state index is -0.144. The molecule has 102 valence electrons. The molecule has 0 unspecified atom stereocenters. The molecular formula is C13H15IN2O2S. The molecule has 3 N–H and O–H groups in total. The van der Waals surface area contributed by atoms with Crippen molar-refractivity contribution in [3.63, 3.8) is 0 Å². The highest BCUT2D eigenvalue weighted by molar-refractivity contribution is 14.1. The van der Waals surface area contributed by atoms with Gasteiger partial charge in [-0.1, -0.05) is 12.2 Å². The SMILES string of the molecule is NC(=S)CCN(C(=O)c1cc(I)ccc1O)C1CC1. The molecule has 1 aliphatic rings. The summed E-state index contributed by atoms with van der Waals surface area (Å²) in [6.07, 6.45) is 2.53. The lowest BCUT2D eigenvalue weighted by Gasteiger charge is -2.22. The van der Waals surface area contributed by atoms with Gasteiger partial charge in [0, 0.05) is 22.6 Å². The van der Waals surface area contributed by atoms with Crippen LogP contribution < -0.4 is 5.73 Å². The lowest BCUT2D eigenvalue weighted by Crippen LogP contribution is -2.35. The van der Waals surface area contributed by atoms with Gasteiger partial charge in [-0.3, -0.25) is 4.79 Å². The molecule has 0 aliphatic heterocycles. The quantitative estimate of drug-likeness (QED) is 0.598. The van der Waals surface area contributed by atoms with E-state index in [0.717, 1.165) is 16.4 Å². The van der Waals surface area contributed by atoms with Gasteiger partial charge in [-0.15, -0.1) is 0 Å². The van der Waals surface area contributed by atoms with Crippen molar-refractivity contribution in [2.45, 2.75) is 25.3 Å². The largest absolute Gasteiger partial charge is 0.507 e. The second-order valence-electron chi connectivity index (χ2n) is 4.61.